The highest BCUT2D eigenvalue weighted by Gasteiger charge is 2.34. The Morgan fingerprint density at radius 1 is 1.29 bits per heavy atom. The van der Waals surface area contributed by atoms with Gasteiger partial charge in [-0.1, -0.05) is 12.1 Å². The van der Waals surface area contributed by atoms with Gasteiger partial charge in [0.05, 0.1) is 18.1 Å². The van der Waals surface area contributed by atoms with Gasteiger partial charge in [-0.05, 0) is 6.07 Å². The van der Waals surface area contributed by atoms with Crippen LogP contribution in [0.5, 0.6) is 0 Å². The average Bonchev–Trinajstić information content (AvgIpc) is 2.07. The van der Waals surface area contributed by atoms with Crippen LogP contribution in [0.4, 0.5) is 17.6 Å². The first-order valence-electron chi connectivity index (χ1n) is 3.68. The molecule has 0 heterocycles. The first kappa shape index (κ1) is 10.5. The standard InChI is InChI=1S/C9H5F4N/c10-8-6(4-5-14)2-1-3-7(8)9(11,12)13/h1-3H,4H2. The summed E-state index contributed by atoms with van der Waals surface area (Å²) in [5.74, 6) is -1.36. The molecule has 1 nitrogen and oxygen atoms in total. The zero-order valence-corrected chi connectivity index (χ0v) is 6.90. The van der Waals surface area contributed by atoms with Crippen LogP contribution >= 0.6 is 0 Å². The quantitative estimate of drug-likeness (QED) is 0.644. The van der Waals surface area contributed by atoms with Gasteiger partial charge in [0, 0.05) is 5.56 Å². The number of alkyl halides is 3. The van der Waals surface area contributed by atoms with Gasteiger partial charge >= 0.3 is 6.18 Å². The summed E-state index contributed by atoms with van der Waals surface area (Å²) in [4.78, 5) is 0. The third kappa shape index (κ3) is 2.02. The van der Waals surface area contributed by atoms with E-state index in [0.29, 0.717) is 6.07 Å². The highest BCUT2D eigenvalue weighted by atomic mass is 19.4. The SMILES string of the molecule is N#CCc1cccc(C(F)(F)F)c1F. The molecule has 0 saturated heterocycles. The minimum Gasteiger partial charge on any atom is -0.206 e. The van der Waals surface area contributed by atoms with Crippen LogP contribution in [0.1, 0.15) is 11.1 Å². The number of nitriles is 1. The molecule has 0 unspecified atom stereocenters. The Kier molecular flexibility index (Phi) is 2.75. The number of nitrogens with zero attached hydrogens (tertiary/aromatic N) is 1. The van der Waals surface area contributed by atoms with E-state index in [-0.39, 0.29) is 12.0 Å². The second-order valence-corrected chi connectivity index (χ2v) is 2.61. The van der Waals surface area contributed by atoms with E-state index >= 15 is 0 Å². The first-order valence-corrected chi connectivity index (χ1v) is 3.68. The van der Waals surface area contributed by atoms with Gasteiger partial charge in [-0.25, -0.2) is 4.39 Å². The van der Waals surface area contributed by atoms with Crippen LogP contribution in [0, 0.1) is 17.1 Å². The Morgan fingerprint density at radius 3 is 2.43 bits per heavy atom. The van der Waals surface area contributed by atoms with E-state index in [4.69, 9.17) is 5.26 Å². The van der Waals surface area contributed by atoms with Crippen molar-refractivity contribution in [3.05, 3.63) is 35.1 Å². The van der Waals surface area contributed by atoms with Gasteiger partial charge in [-0.3, -0.25) is 0 Å². The van der Waals surface area contributed by atoms with Crippen LogP contribution in [-0.4, -0.2) is 0 Å². The molecule has 5 heteroatoms. The molecule has 0 radical (unpaired) electrons. The van der Waals surface area contributed by atoms with E-state index in [2.05, 4.69) is 0 Å². The molecule has 0 amide bonds. The van der Waals surface area contributed by atoms with Crippen LogP contribution in [0.25, 0.3) is 0 Å². The van der Waals surface area contributed by atoms with Gasteiger partial charge in [0.25, 0.3) is 0 Å². The molecule has 1 aromatic rings. The molecule has 0 aliphatic heterocycles. The van der Waals surface area contributed by atoms with Crippen molar-refractivity contribution in [1.82, 2.24) is 0 Å². The van der Waals surface area contributed by atoms with Crippen molar-refractivity contribution in [2.24, 2.45) is 0 Å². The Balaban J connectivity index is 3.22. The lowest BCUT2D eigenvalue weighted by Gasteiger charge is -2.09. The van der Waals surface area contributed by atoms with E-state index in [1.54, 1.807) is 6.07 Å². The van der Waals surface area contributed by atoms with Gasteiger partial charge in [-0.2, -0.15) is 18.4 Å². The van der Waals surface area contributed by atoms with E-state index in [0.717, 1.165) is 12.1 Å². The van der Waals surface area contributed by atoms with Crippen molar-refractivity contribution in [1.29, 1.82) is 5.26 Å². The summed E-state index contributed by atoms with van der Waals surface area (Å²) in [5, 5.41) is 8.24. The van der Waals surface area contributed by atoms with Gasteiger partial charge in [0.15, 0.2) is 0 Å². The molecule has 1 rings (SSSR count). The zero-order chi connectivity index (χ0) is 10.8. The van der Waals surface area contributed by atoms with E-state index in [1.807, 2.05) is 0 Å². The zero-order valence-electron chi connectivity index (χ0n) is 6.90. The summed E-state index contributed by atoms with van der Waals surface area (Å²) in [6, 6.07) is 4.49. The van der Waals surface area contributed by atoms with Crippen molar-refractivity contribution in [2.75, 3.05) is 0 Å². The van der Waals surface area contributed by atoms with Crippen LogP contribution in [0.15, 0.2) is 18.2 Å². The number of rotatable bonds is 1. The highest BCUT2D eigenvalue weighted by Crippen LogP contribution is 2.32. The lowest BCUT2D eigenvalue weighted by molar-refractivity contribution is -0.140. The van der Waals surface area contributed by atoms with Crippen molar-refractivity contribution < 1.29 is 17.6 Å². The lowest BCUT2D eigenvalue weighted by atomic mass is 10.1. The van der Waals surface area contributed by atoms with Gasteiger partial charge < -0.3 is 0 Å². The molecule has 0 aliphatic carbocycles. The summed E-state index contributed by atoms with van der Waals surface area (Å²) in [6.07, 6.45) is -5.08. The summed E-state index contributed by atoms with van der Waals surface area (Å²) >= 11 is 0. The van der Waals surface area contributed by atoms with Crippen molar-refractivity contribution in [3.63, 3.8) is 0 Å². The monoisotopic (exact) mass is 203 g/mol. The van der Waals surface area contributed by atoms with Crippen molar-refractivity contribution in [3.8, 4) is 6.07 Å². The minimum absolute atomic E-state index is 0.234. The third-order valence-electron chi connectivity index (χ3n) is 1.65. The number of hydrogen-bond acceptors (Lipinski definition) is 1. The second kappa shape index (κ2) is 3.66. The van der Waals surface area contributed by atoms with E-state index < -0.39 is 17.6 Å². The topological polar surface area (TPSA) is 23.8 Å². The van der Waals surface area contributed by atoms with Crippen LogP contribution in [0.2, 0.25) is 0 Å². The molecule has 0 N–H and O–H groups in total. The molecule has 0 bridgehead atoms. The smallest absolute Gasteiger partial charge is 0.206 e. The predicted octanol–water partition coefficient (Wildman–Crippen LogP) is 2.91. The lowest BCUT2D eigenvalue weighted by Crippen LogP contribution is -2.09. The Bertz CT molecular complexity index is 375. The largest absolute Gasteiger partial charge is 0.419 e. The Morgan fingerprint density at radius 2 is 1.93 bits per heavy atom. The predicted molar refractivity (Wildman–Crippen MR) is 40.7 cm³/mol. The number of benzene rings is 1. The minimum atomic E-state index is -4.71. The fourth-order valence-corrected chi connectivity index (χ4v) is 1.02. The molecular formula is C9H5F4N. The first-order chi connectivity index (χ1) is 6.46. The Hall–Kier alpha value is -1.57. The maximum absolute atomic E-state index is 13.1. The molecule has 0 saturated carbocycles. The van der Waals surface area contributed by atoms with Crippen LogP contribution in [-0.2, 0) is 12.6 Å². The molecule has 0 fully saturated rings. The van der Waals surface area contributed by atoms with Gasteiger partial charge in [0.1, 0.15) is 5.82 Å². The molecule has 0 aromatic heterocycles. The molecule has 74 valence electrons. The van der Waals surface area contributed by atoms with Gasteiger partial charge in [0.2, 0.25) is 0 Å². The van der Waals surface area contributed by atoms with E-state index in [1.165, 1.54) is 0 Å². The molecule has 1 aromatic carbocycles. The number of halogens is 4. The normalized spacial score (nSPS) is 11.1. The molecular weight excluding hydrogens is 198 g/mol. The highest BCUT2D eigenvalue weighted by molar-refractivity contribution is 5.29. The summed E-state index contributed by atoms with van der Waals surface area (Å²) in [6.45, 7) is 0. The molecule has 14 heavy (non-hydrogen) atoms. The van der Waals surface area contributed by atoms with E-state index in [9.17, 15) is 17.6 Å². The fraction of sp³-hybridized carbons (Fsp3) is 0.222. The third-order valence-corrected chi connectivity index (χ3v) is 1.65. The van der Waals surface area contributed by atoms with Gasteiger partial charge in [-0.15, -0.1) is 0 Å². The molecule has 0 spiro atoms. The maximum atomic E-state index is 13.1. The van der Waals surface area contributed by atoms with Crippen LogP contribution in [0.3, 0.4) is 0 Å². The molecule has 0 aliphatic rings. The fourth-order valence-electron chi connectivity index (χ4n) is 1.02. The summed E-state index contributed by atoms with van der Waals surface area (Å²) in [7, 11) is 0. The van der Waals surface area contributed by atoms with Crippen molar-refractivity contribution in [2.45, 2.75) is 12.6 Å². The average molecular weight is 203 g/mol. The summed E-state index contributed by atoms with van der Waals surface area (Å²) < 4.78 is 49.5. The second-order valence-electron chi connectivity index (χ2n) is 2.61. The maximum Gasteiger partial charge on any atom is 0.419 e. The number of hydrogen-bond donors (Lipinski definition) is 0. The molecule has 0 atom stereocenters. The van der Waals surface area contributed by atoms with Crippen LogP contribution < -0.4 is 0 Å². The van der Waals surface area contributed by atoms with Crippen molar-refractivity contribution >= 4 is 0 Å². The summed E-state index contributed by atoms with van der Waals surface area (Å²) in [5.41, 5.74) is -1.56. The Labute approximate surface area is 77.6 Å².